The van der Waals surface area contributed by atoms with Gasteiger partial charge in [-0.05, 0) is 22.0 Å². The lowest BCUT2D eigenvalue weighted by Crippen LogP contribution is -2.12. The maximum Gasteiger partial charge on any atom is 0.263 e. The molecule has 0 aliphatic carbocycles. The van der Waals surface area contributed by atoms with Gasteiger partial charge < -0.3 is 9.84 Å². The van der Waals surface area contributed by atoms with Gasteiger partial charge in [-0.25, -0.2) is 8.42 Å². The van der Waals surface area contributed by atoms with E-state index in [-0.39, 0.29) is 11.5 Å². The second-order valence-electron chi connectivity index (χ2n) is 4.10. The quantitative estimate of drug-likeness (QED) is 0.743. The second kappa shape index (κ2) is 6.88. The third-order valence-corrected chi connectivity index (χ3v) is 6.18. The number of thiophene rings is 1. The fourth-order valence-corrected chi connectivity index (χ4v) is 5.16. The first kappa shape index (κ1) is 16.4. The number of aromatic nitrogens is 2. The average Bonchev–Trinajstić information content (AvgIpc) is 3.02. The van der Waals surface area contributed by atoms with Gasteiger partial charge in [-0.2, -0.15) is 5.10 Å². The monoisotopic (exact) mass is 395 g/mol. The van der Waals surface area contributed by atoms with Crippen molar-refractivity contribution in [3.05, 3.63) is 27.1 Å². The van der Waals surface area contributed by atoms with Crippen LogP contribution in [0, 0.1) is 0 Å². The van der Waals surface area contributed by atoms with Crippen LogP contribution in [0.1, 0.15) is 4.88 Å². The summed E-state index contributed by atoms with van der Waals surface area (Å²) < 4.78 is 34.0. The summed E-state index contributed by atoms with van der Waals surface area (Å²) >= 11 is 4.38. The minimum absolute atomic E-state index is 0.0983. The first-order valence-electron chi connectivity index (χ1n) is 5.89. The van der Waals surface area contributed by atoms with Crippen LogP contribution < -0.4 is 4.72 Å². The van der Waals surface area contributed by atoms with Gasteiger partial charge in [0.2, 0.25) is 0 Å². The number of anilines is 1. The molecule has 0 aliphatic rings. The largest absolute Gasteiger partial charge is 0.391 e. The highest BCUT2D eigenvalue weighted by Gasteiger charge is 2.21. The SMILES string of the molecule is COCCn1cc(NS(=O)(=O)c2cc(CO)sc2Br)cn1. The molecule has 116 valence electrons. The number of halogens is 1. The first-order valence-corrected chi connectivity index (χ1v) is 8.99. The fraction of sp³-hybridized carbons (Fsp3) is 0.364. The van der Waals surface area contributed by atoms with Crippen molar-refractivity contribution >= 4 is 43.0 Å². The summed E-state index contributed by atoms with van der Waals surface area (Å²) in [6.45, 7) is 0.826. The molecule has 0 aromatic carbocycles. The lowest BCUT2D eigenvalue weighted by molar-refractivity contribution is 0.183. The predicted molar refractivity (Wildman–Crippen MR) is 82.9 cm³/mol. The Labute approximate surface area is 134 Å². The van der Waals surface area contributed by atoms with Crippen molar-refractivity contribution in [2.24, 2.45) is 0 Å². The van der Waals surface area contributed by atoms with Gasteiger partial charge in [-0.15, -0.1) is 11.3 Å². The second-order valence-corrected chi connectivity index (χ2v) is 8.20. The van der Waals surface area contributed by atoms with E-state index in [1.807, 2.05) is 0 Å². The molecule has 0 spiro atoms. The lowest BCUT2D eigenvalue weighted by Gasteiger charge is -2.04. The molecule has 2 heterocycles. The Kier molecular flexibility index (Phi) is 5.38. The number of nitrogens with one attached hydrogen (secondary N) is 1. The van der Waals surface area contributed by atoms with Crippen LogP contribution in [0.5, 0.6) is 0 Å². The van der Waals surface area contributed by atoms with Crippen molar-refractivity contribution in [3.63, 3.8) is 0 Å². The van der Waals surface area contributed by atoms with Crippen molar-refractivity contribution in [2.45, 2.75) is 18.0 Å². The molecule has 10 heteroatoms. The van der Waals surface area contributed by atoms with Gasteiger partial charge >= 0.3 is 0 Å². The summed E-state index contributed by atoms with van der Waals surface area (Å²) in [6, 6.07) is 1.44. The summed E-state index contributed by atoms with van der Waals surface area (Å²) in [4.78, 5) is 0.666. The molecule has 7 nitrogen and oxygen atoms in total. The number of hydrogen-bond acceptors (Lipinski definition) is 6. The zero-order valence-electron chi connectivity index (χ0n) is 11.1. The summed E-state index contributed by atoms with van der Waals surface area (Å²) in [5.41, 5.74) is 0.370. The van der Waals surface area contributed by atoms with E-state index in [0.29, 0.717) is 27.5 Å². The van der Waals surface area contributed by atoms with E-state index >= 15 is 0 Å². The molecule has 0 bridgehead atoms. The van der Waals surface area contributed by atoms with Crippen molar-refractivity contribution in [2.75, 3.05) is 18.4 Å². The molecular weight excluding hydrogens is 382 g/mol. The highest BCUT2D eigenvalue weighted by atomic mass is 79.9. The van der Waals surface area contributed by atoms with Gasteiger partial charge in [-0.3, -0.25) is 9.40 Å². The van der Waals surface area contributed by atoms with Crippen LogP contribution in [0.15, 0.2) is 27.1 Å². The summed E-state index contributed by atoms with van der Waals surface area (Å²) in [5.74, 6) is 0. The Balaban J connectivity index is 2.16. The Morgan fingerprint density at radius 2 is 2.33 bits per heavy atom. The van der Waals surface area contributed by atoms with E-state index in [1.165, 1.54) is 23.6 Å². The molecule has 0 fully saturated rings. The predicted octanol–water partition coefficient (Wildman–Crippen LogP) is 1.65. The van der Waals surface area contributed by atoms with E-state index in [2.05, 4.69) is 25.8 Å². The van der Waals surface area contributed by atoms with Crippen molar-refractivity contribution in [1.82, 2.24) is 9.78 Å². The van der Waals surface area contributed by atoms with Crippen molar-refractivity contribution < 1.29 is 18.3 Å². The minimum Gasteiger partial charge on any atom is -0.391 e. The van der Waals surface area contributed by atoms with E-state index in [9.17, 15) is 8.42 Å². The van der Waals surface area contributed by atoms with E-state index in [4.69, 9.17) is 9.84 Å². The third kappa shape index (κ3) is 4.04. The molecule has 0 saturated heterocycles. The first-order chi connectivity index (χ1) is 9.96. The number of rotatable bonds is 7. The number of aliphatic hydroxyl groups excluding tert-OH is 1. The summed E-state index contributed by atoms with van der Waals surface area (Å²) in [7, 11) is -2.14. The molecule has 0 amide bonds. The Hall–Kier alpha value is -0.940. The van der Waals surface area contributed by atoms with Crippen LogP contribution in [0.3, 0.4) is 0 Å². The van der Waals surface area contributed by atoms with E-state index < -0.39 is 10.0 Å². The number of sulfonamides is 1. The zero-order chi connectivity index (χ0) is 15.5. The molecule has 21 heavy (non-hydrogen) atoms. The fourth-order valence-electron chi connectivity index (χ4n) is 1.59. The van der Waals surface area contributed by atoms with Gasteiger partial charge in [0.25, 0.3) is 10.0 Å². The summed E-state index contributed by atoms with van der Waals surface area (Å²) in [5, 5.41) is 13.1. The molecule has 0 aliphatic heterocycles. The van der Waals surface area contributed by atoms with Crippen LogP contribution in [0.4, 0.5) is 5.69 Å². The Morgan fingerprint density at radius 1 is 1.57 bits per heavy atom. The molecule has 0 radical (unpaired) electrons. The van der Waals surface area contributed by atoms with Gasteiger partial charge in [0.15, 0.2) is 0 Å². The van der Waals surface area contributed by atoms with Crippen molar-refractivity contribution in [3.8, 4) is 0 Å². The van der Waals surface area contributed by atoms with Crippen LogP contribution >= 0.6 is 27.3 Å². The standard InChI is InChI=1S/C11H14BrN3O4S2/c1-19-3-2-15-6-8(5-13-15)14-21(17,18)10-4-9(7-16)20-11(10)12/h4-6,14,16H,2-3,7H2,1H3. The summed E-state index contributed by atoms with van der Waals surface area (Å²) in [6.07, 6.45) is 3.02. The van der Waals surface area contributed by atoms with Gasteiger partial charge in [0.1, 0.15) is 4.90 Å². The molecule has 0 atom stereocenters. The average molecular weight is 396 g/mol. The highest BCUT2D eigenvalue weighted by molar-refractivity contribution is 9.11. The van der Waals surface area contributed by atoms with Gasteiger partial charge in [0.05, 0.1) is 35.4 Å². The van der Waals surface area contributed by atoms with Gasteiger partial charge in [-0.1, -0.05) is 0 Å². The van der Waals surface area contributed by atoms with Crippen LogP contribution in [-0.2, 0) is 27.9 Å². The number of aliphatic hydroxyl groups is 1. The maximum absolute atomic E-state index is 12.3. The van der Waals surface area contributed by atoms with Crippen LogP contribution in [-0.4, -0.2) is 37.0 Å². The smallest absolute Gasteiger partial charge is 0.263 e. The maximum atomic E-state index is 12.3. The zero-order valence-corrected chi connectivity index (χ0v) is 14.3. The Bertz CT molecular complexity index is 711. The molecular formula is C11H14BrN3O4S2. The molecule has 2 aromatic rings. The van der Waals surface area contributed by atoms with Gasteiger partial charge in [0, 0.05) is 18.2 Å². The highest BCUT2D eigenvalue weighted by Crippen LogP contribution is 2.32. The number of hydrogen-bond donors (Lipinski definition) is 2. The van der Waals surface area contributed by atoms with E-state index in [1.54, 1.807) is 18.0 Å². The number of methoxy groups -OCH3 is 1. The Morgan fingerprint density at radius 3 is 2.95 bits per heavy atom. The van der Waals surface area contributed by atoms with Crippen molar-refractivity contribution in [1.29, 1.82) is 0 Å². The third-order valence-electron chi connectivity index (χ3n) is 2.56. The van der Waals surface area contributed by atoms with Crippen LogP contribution in [0.25, 0.3) is 0 Å². The number of ether oxygens (including phenoxy) is 1. The molecule has 2 N–H and O–H groups in total. The van der Waals surface area contributed by atoms with E-state index in [0.717, 1.165) is 0 Å². The molecule has 0 saturated carbocycles. The normalized spacial score (nSPS) is 11.8. The molecule has 0 unspecified atom stereocenters. The van der Waals surface area contributed by atoms with Crippen LogP contribution in [0.2, 0.25) is 0 Å². The minimum atomic E-state index is -3.72. The molecule has 2 aromatic heterocycles. The lowest BCUT2D eigenvalue weighted by atomic mass is 10.5. The topological polar surface area (TPSA) is 93.5 Å². The number of nitrogens with zero attached hydrogens (tertiary/aromatic N) is 2. The molecule has 2 rings (SSSR count).